The van der Waals surface area contributed by atoms with Gasteiger partial charge in [0.25, 0.3) is 5.91 Å². The van der Waals surface area contributed by atoms with E-state index in [0.29, 0.717) is 25.1 Å². The van der Waals surface area contributed by atoms with Crippen molar-refractivity contribution in [3.8, 4) is 5.75 Å². The number of nitrogens with zero attached hydrogens (tertiary/aromatic N) is 2. The summed E-state index contributed by atoms with van der Waals surface area (Å²) in [6.45, 7) is 5.22. The predicted molar refractivity (Wildman–Crippen MR) is 121 cm³/mol. The first-order valence-electron chi connectivity index (χ1n) is 11.3. The fourth-order valence-corrected chi connectivity index (χ4v) is 4.35. The third kappa shape index (κ3) is 5.25. The quantitative estimate of drug-likeness (QED) is 0.745. The Labute approximate surface area is 184 Å². The summed E-state index contributed by atoms with van der Waals surface area (Å²) >= 11 is 0. The molecule has 1 saturated heterocycles. The summed E-state index contributed by atoms with van der Waals surface area (Å²) in [4.78, 5) is 29.5. The number of hydrogen-bond acceptors (Lipinski definition) is 4. The SMILES string of the molecule is CCC1Oc2ccccc2N(CCC(=O)NC2CCN(Cc3ccccc3)CC2)C1=O. The molecule has 2 amide bonds. The van der Waals surface area contributed by atoms with Gasteiger partial charge < -0.3 is 15.0 Å². The van der Waals surface area contributed by atoms with Crippen molar-refractivity contribution in [2.75, 3.05) is 24.5 Å². The second-order valence-electron chi connectivity index (χ2n) is 8.33. The molecule has 1 fully saturated rings. The second kappa shape index (κ2) is 9.96. The van der Waals surface area contributed by atoms with Gasteiger partial charge in [0.15, 0.2) is 6.10 Å². The number of hydrogen-bond donors (Lipinski definition) is 1. The van der Waals surface area contributed by atoms with Gasteiger partial charge in [0, 0.05) is 38.6 Å². The van der Waals surface area contributed by atoms with Crippen LogP contribution in [0.2, 0.25) is 0 Å². The third-order valence-electron chi connectivity index (χ3n) is 6.10. The monoisotopic (exact) mass is 421 g/mol. The van der Waals surface area contributed by atoms with E-state index in [1.54, 1.807) is 4.90 Å². The number of nitrogens with one attached hydrogen (secondary N) is 1. The summed E-state index contributed by atoms with van der Waals surface area (Å²) in [6.07, 6.45) is 2.33. The van der Waals surface area contributed by atoms with Crippen molar-refractivity contribution in [3.05, 3.63) is 60.2 Å². The Balaban J connectivity index is 1.26. The molecule has 6 nitrogen and oxygen atoms in total. The van der Waals surface area contributed by atoms with Gasteiger partial charge in [0.2, 0.25) is 5.91 Å². The van der Waals surface area contributed by atoms with Crippen LogP contribution in [0.5, 0.6) is 5.75 Å². The van der Waals surface area contributed by atoms with Gasteiger partial charge in [-0.2, -0.15) is 0 Å². The van der Waals surface area contributed by atoms with Crippen LogP contribution < -0.4 is 15.0 Å². The van der Waals surface area contributed by atoms with Crippen molar-refractivity contribution < 1.29 is 14.3 Å². The highest BCUT2D eigenvalue weighted by molar-refractivity contribution is 6.00. The lowest BCUT2D eigenvalue weighted by Gasteiger charge is -2.34. The molecule has 2 aliphatic rings. The fourth-order valence-electron chi connectivity index (χ4n) is 4.35. The highest BCUT2D eigenvalue weighted by atomic mass is 16.5. The van der Waals surface area contributed by atoms with Crippen molar-refractivity contribution in [3.63, 3.8) is 0 Å². The zero-order chi connectivity index (χ0) is 21.6. The van der Waals surface area contributed by atoms with E-state index in [1.807, 2.05) is 37.3 Å². The molecule has 2 heterocycles. The standard InChI is InChI=1S/C25H31N3O3/c1-2-22-25(30)28(21-10-6-7-11-23(21)31-22)17-14-24(29)26-20-12-15-27(16-13-20)18-19-8-4-3-5-9-19/h3-11,20,22H,2,12-18H2,1H3,(H,26,29). The predicted octanol–water partition coefficient (Wildman–Crippen LogP) is 3.36. The molecule has 2 aromatic rings. The Hall–Kier alpha value is -2.86. The number of amides is 2. The molecule has 164 valence electrons. The van der Waals surface area contributed by atoms with Crippen LogP contribution in [0, 0.1) is 0 Å². The smallest absolute Gasteiger partial charge is 0.268 e. The minimum atomic E-state index is -0.480. The molecular weight excluding hydrogens is 390 g/mol. The molecule has 0 bridgehead atoms. The number of likely N-dealkylation sites (tertiary alicyclic amines) is 1. The lowest BCUT2D eigenvalue weighted by atomic mass is 10.0. The van der Waals surface area contributed by atoms with Crippen molar-refractivity contribution in [2.45, 2.75) is 51.3 Å². The first-order valence-corrected chi connectivity index (χ1v) is 11.3. The van der Waals surface area contributed by atoms with Gasteiger partial charge in [-0.05, 0) is 37.0 Å². The Morgan fingerprint density at radius 3 is 2.52 bits per heavy atom. The molecule has 6 heteroatoms. The highest BCUT2D eigenvalue weighted by Gasteiger charge is 2.33. The normalized spacial score (nSPS) is 19.6. The number of piperidine rings is 1. The molecule has 4 rings (SSSR count). The molecule has 1 N–H and O–H groups in total. The summed E-state index contributed by atoms with van der Waals surface area (Å²) in [7, 11) is 0. The van der Waals surface area contributed by atoms with Crippen LogP contribution in [0.1, 0.15) is 38.2 Å². The lowest BCUT2D eigenvalue weighted by Crippen LogP contribution is -2.48. The zero-order valence-corrected chi connectivity index (χ0v) is 18.1. The molecule has 1 atom stereocenters. The van der Waals surface area contributed by atoms with E-state index < -0.39 is 6.10 Å². The molecule has 0 aliphatic carbocycles. The van der Waals surface area contributed by atoms with E-state index in [2.05, 4.69) is 34.5 Å². The molecule has 31 heavy (non-hydrogen) atoms. The molecule has 2 aromatic carbocycles. The highest BCUT2D eigenvalue weighted by Crippen LogP contribution is 2.34. The number of ether oxygens (including phenoxy) is 1. The Bertz CT molecular complexity index is 894. The summed E-state index contributed by atoms with van der Waals surface area (Å²) in [5.74, 6) is 0.648. The molecule has 0 spiro atoms. The third-order valence-corrected chi connectivity index (χ3v) is 6.10. The molecule has 2 aliphatic heterocycles. The van der Waals surface area contributed by atoms with E-state index in [0.717, 1.165) is 38.2 Å². The van der Waals surface area contributed by atoms with Crippen LogP contribution >= 0.6 is 0 Å². The van der Waals surface area contributed by atoms with E-state index in [1.165, 1.54) is 5.56 Å². The number of rotatable bonds is 7. The second-order valence-corrected chi connectivity index (χ2v) is 8.33. The Morgan fingerprint density at radius 2 is 1.77 bits per heavy atom. The maximum Gasteiger partial charge on any atom is 0.268 e. The summed E-state index contributed by atoms with van der Waals surface area (Å²) in [6, 6.07) is 18.2. The summed E-state index contributed by atoms with van der Waals surface area (Å²) in [5.41, 5.74) is 2.07. The molecular formula is C25H31N3O3. The number of anilines is 1. The molecule has 0 saturated carbocycles. The van der Waals surface area contributed by atoms with Crippen LogP contribution in [0.25, 0.3) is 0 Å². The van der Waals surface area contributed by atoms with Gasteiger partial charge in [-0.3, -0.25) is 14.5 Å². The minimum absolute atomic E-state index is 0.00586. The maximum absolute atomic E-state index is 12.8. The van der Waals surface area contributed by atoms with Crippen molar-refractivity contribution >= 4 is 17.5 Å². The van der Waals surface area contributed by atoms with Crippen molar-refractivity contribution in [2.24, 2.45) is 0 Å². The van der Waals surface area contributed by atoms with Gasteiger partial charge >= 0.3 is 0 Å². The van der Waals surface area contributed by atoms with Gasteiger partial charge in [-0.15, -0.1) is 0 Å². The van der Waals surface area contributed by atoms with Gasteiger partial charge in [0.05, 0.1) is 5.69 Å². The van der Waals surface area contributed by atoms with Crippen molar-refractivity contribution in [1.29, 1.82) is 0 Å². The van der Waals surface area contributed by atoms with Crippen LogP contribution in [-0.4, -0.2) is 48.5 Å². The van der Waals surface area contributed by atoms with Crippen LogP contribution in [0.15, 0.2) is 54.6 Å². The molecule has 0 radical (unpaired) electrons. The largest absolute Gasteiger partial charge is 0.478 e. The fraction of sp³-hybridized carbons (Fsp3) is 0.440. The average molecular weight is 422 g/mol. The number of fused-ring (bicyclic) bond motifs is 1. The minimum Gasteiger partial charge on any atom is -0.478 e. The first-order chi connectivity index (χ1) is 15.1. The lowest BCUT2D eigenvalue weighted by molar-refractivity contribution is -0.126. The maximum atomic E-state index is 12.8. The number of benzene rings is 2. The van der Waals surface area contributed by atoms with E-state index in [-0.39, 0.29) is 17.9 Å². The van der Waals surface area contributed by atoms with Crippen LogP contribution in [-0.2, 0) is 16.1 Å². The van der Waals surface area contributed by atoms with Gasteiger partial charge in [-0.25, -0.2) is 0 Å². The van der Waals surface area contributed by atoms with E-state index >= 15 is 0 Å². The number of carbonyl (C=O) groups is 2. The van der Waals surface area contributed by atoms with Gasteiger partial charge in [-0.1, -0.05) is 49.4 Å². The molecule has 1 unspecified atom stereocenters. The first kappa shape index (κ1) is 21.4. The van der Waals surface area contributed by atoms with Gasteiger partial charge in [0.1, 0.15) is 5.75 Å². The van der Waals surface area contributed by atoms with Crippen LogP contribution in [0.4, 0.5) is 5.69 Å². The van der Waals surface area contributed by atoms with E-state index in [9.17, 15) is 9.59 Å². The zero-order valence-electron chi connectivity index (χ0n) is 18.1. The van der Waals surface area contributed by atoms with Crippen molar-refractivity contribution in [1.82, 2.24) is 10.2 Å². The Morgan fingerprint density at radius 1 is 1.06 bits per heavy atom. The number of carbonyl (C=O) groups excluding carboxylic acids is 2. The van der Waals surface area contributed by atoms with E-state index in [4.69, 9.17) is 4.74 Å². The molecule has 0 aromatic heterocycles. The van der Waals surface area contributed by atoms with Crippen LogP contribution in [0.3, 0.4) is 0 Å². The average Bonchev–Trinajstić information content (AvgIpc) is 2.80. The topological polar surface area (TPSA) is 61.9 Å². The Kier molecular flexibility index (Phi) is 6.87. The summed E-state index contributed by atoms with van der Waals surface area (Å²) in [5, 5.41) is 3.17. The summed E-state index contributed by atoms with van der Waals surface area (Å²) < 4.78 is 5.81. The number of para-hydroxylation sites is 2.